The maximum atomic E-state index is 12.3. The van der Waals surface area contributed by atoms with Crippen LogP contribution in [0.25, 0.3) is 0 Å². The molecule has 3 nitrogen and oxygen atoms in total. The van der Waals surface area contributed by atoms with Gasteiger partial charge in [-0.05, 0) is 37.7 Å². The van der Waals surface area contributed by atoms with Crippen molar-refractivity contribution in [2.24, 2.45) is 5.73 Å². The number of piperidine rings is 1. The average Bonchev–Trinajstić information content (AvgIpc) is 2.48. The maximum absolute atomic E-state index is 12.3. The number of hydrogen-bond acceptors (Lipinski definition) is 2. The lowest BCUT2D eigenvalue weighted by Crippen LogP contribution is -2.49. The van der Waals surface area contributed by atoms with Gasteiger partial charge >= 0.3 is 0 Å². The third kappa shape index (κ3) is 4.04. The van der Waals surface area contributed by atoms with Crippen LogP contribution in [0.2, 0.25) is 0 Å². The van der Waals surface area contributed by atoms with E-state index in [9.17, 15) is 4.79 Å². The maximum Gasteiger partial charge on any atom is 0.223 e. The van der Waals surface area contributed by atoms with E-state index < -0.39 is 0 Å². The van der Waals surface area contributed by atoms with Crippen LogP contribution in [-0.4, -0.2) is 28.4 Å². The molecule has 1 unspecified atom stereocenters. The Morgan fingerprint density at radius 3 is 2.75 bits per heavy atom. The van der Waals surface area contributed by atoms with Gasteiger partial charge in [0.05, 0.1) is 11.0 Å². The van der Waals surface area contributed by atoms with Crippen LogP contribution in [0, 0.1) is 0 Å². The molecular weight excluding hydrogens is 268 g/mol. The number of thiocarbonyl (C=S) groups is 1. The molecule has 0 spiro atoms. The molecule has 20 heavy (non-hydrogen) atoms. The third-order valence-electron chi connectivity index (χ3n) is 3.85. The number of amides is 1. The summed E-state index contributed by atoms with van der Waals surface area (Å²) < 4.78 is 0. The van der Waals surface area contributed by atoms with Crippen LogP contribution < -0.4 is 5.73 Å². The van der Waals surface area contributed by atoms with E-state index in [0.29, 0.717) is 11.4 Å². The number of nitrogens with zero attached hydrogens (tertiary/aromatic N) is 1. The van der Waals surface area contributed by atoms with E-state index in [0.717, 1.165) is 38.6 Å². The predicted molar refractivity (Wildman–Crippen MR) is 85.5 cm³/mol. The molecule has 0 radical (unpaired) electrons. The number of benzene rings is 1. The molecule has 1 aromatic rings. The number of rotatable bonds is 5. The zero-order chi connectivity index (χ0) is 14.4. The van der Waals surface area contributed by atoms with E-state index in [1.807, 2.05) is 23.1 Å². The van der Waals surface area contributed by atoms with Crippen molar-refractivity contribution in [1.29, 1.82) is 0 Å². The van der Waals surface area contributed by atoms with Gasteiger partial charge in [-0.15, -0.1) is 0 Å². The number of carbonyl (C=O) groups is 1. The third-order valence-corrected chi connectivity index (χ3v) is 4.12. The molecule has 1 atom stereocenters. The van der Waals surface area contributed by atoms with Gasteiger partial charge in [0, 0.05) is 13.0 Å². The first kappa shape index (κ1) is 15.0. The first-order valence-electron chi connectivity index (χ1n) is 7.31. The molecule has 0 aliphatic carbocycles. The Kier molecular flexibility index (Phi) is 5.53. The van der Waals surface area contributed by atoms with Crippen LogP contribution in [-0.2, 0) is 11.2 Å². The Bertz CT molecular complexity index is 461. The van der Waals surface area contributed by atoms with Crippen molar-refractivity contribution >= 4 is 23.1 Å². The Balaban J connectivity index is 1.83. The van der Waals surface area contributed by atoms with E-state index in [4.69, 9.17) is 18.0 Å². The second kappa shape index (κ2) is 7.39. The Hall–Kier alpha value is -1.42. The van der Waals surface area contributed by atoms with E-state index in [-0.39, 0.29) is 11.9 Å². The SMILES string of the molecule is NC(=S)C1CCCCN1C(=O)CCCc1ccccc1. The van der Waals surface area contributed by atoms with Crippen molar-refractivity contribution in [2.45, 2.75) is 44.6 Å². The molecule has 1 saturated heterocycles. The normalized spacial score (nSPS) is 18.8. The van der Waals surface area contributed by atoms with Crippen LogP contribution in [0.3, 0.4) is 0 Å². The van der Waals surface area contributed by atoms with Crippen molar-refractivity contribution in [3.8, 4) is 0 Å². The van der Waals surface area contributed by atoms with E-state index in [2.05, 4.69) is 12.1 Å². The summed E-state index contributed by atoms with van der Waals surface area (Å²) in [5, 5.41) is 0. The minimum absolute atomic E-state index is 0.0250. The summed E-state index contributed by atoms with van der Waals surface area (Å²) in [4.78, 5) is 14.7. The number of aryl methyl sites for hydroxylation is 1. The van der Waals surface area contributed by atoms with Gasteiger partial charge in [-0.2, -0.15) is 0 Å². The molecule has 1 aliphatic rings. The van der Waals surface area contributed by atoms with Crippen LogP contribution in [0.5, 0.6) is 0 Å². The number of nitrogens with two attached hydrogens (primary N) is 1. The second-order valence-corrected chi connectivity index (χ2v) is 5.81. The highest BCUT2D eigenvalue weighted by Crippen LogP contribution is 2.19. The van der Waals surface area contributed by atoms with Crippen LogP contribution >= 0.6 is 12.2 Å². The molecule has 108 valence electrons. The summed E-state index contributed by atoms with van der Waals surface area (Å²) in [5.41, 5.74) is 7.03. The second-order valence-electron chi connectivity index (χ2n) is 5.34. The van der Waals surface area contributed by atoms with Crippen molar-refractivity contribution < 1.29 is 4.79 Å². The van der Waals surface area contributed by atoms with E-state index >= 15 is 0 Å². The Morgan fingerprint density at radius 2 is 2.05 bits per heavy atom. The first-order chi connectivity index (χ1) is 9.68. The quantitative estimate of drug-likeness (QED) is 0.848. The summed E-state index contributed by atoms with van der Waals surface area (Å²) >= 11 is 5.08. The number of carbonyl (C=O) groups excluding carboxylic acids is 1. The molecule has 2 rings (SSSR count). The molecule has 1 aromatic carbocycles. The van der Waals surface area contributed by atoms with Gasteiger partial charge in [0.15, 0.2) is 0 Å². The van der Waals surface area contributed by atoms with Gasteiger partial charge in [0.2, 0.25) is 5.91 Å². The van der Waals surface area contributed by atoms with Gasteiger partial charge in [0.25, 0.3) is 0 Å². The summed E-state index contributed by atoms with van der Waals surface area (Å²) in [6, 6.07) is 10.2. The number of hydrogen-bond donors (Lipinski definition) is 1. The lowest BCUT2D eigenvalue weighted by Gasteiger charge is -2.35. The van der Waals surface area contributed by atoms with Crippen LogP contribution in [0.1, 0.15) is 37.7 Å². The fourth-order valence-electron chi connectivity index (χ4n) is 2.76. The smallest absolute Gasteiger partial charge is 0.223 e. The molecule has 1 aliphatic heterocycles. The largest absolute Gasteiger partial charge is 0.392 e. The molecule has 4 heteroatoms. The molecule has 1 fully saturated rings. The molecule has 1 amide bonds. The van der Waals surface area contributed by atoms with Crippen LogP contribution in [0.15, 0.2) is 30.3 Å². The monoisotopic (exact) mass is 290 g/mol. The van der Waals surface area contributed by atoms with Crippen molar-refractivity contribution in [1.82, 2.24) is 4.90 Å². The van der Waals surface area contributed by atoms with E-state index in [1.165, 1.54) is 5.56 Å². The predicted octanol–water partition coefficient (Wildman–Crippen LogP) is 2.68. The highest BCUT2D eigenvalue weighted by Gasteiger charge is 2.27. The lowest BCUT2D eigenvalue weighted by atomic mass is 10.0. The fraction of sp³-hybridized carbons (Fsp3) is 0.500. The summed E-state index contributed by atoms with van der Waals surface area (Å²) in [5.74, 6) is 0.193. The molecular formula is C16H22N2OS. The summed E-state index contributed by atoms with van der Waals surface area (Å²) in [6.07, 6.45) is 5.48. The molecule has 0 aromatic heterocycles. The van der Waals surface area contributed by atoms with Crippen LogP contribution in [0.4, 0.5) is 0 Å². The van der Waals surface area contributed by atoms with Gasteiger partial charge < -0.3 is 10.6 Å². The Labute approximate surface area is 126 Å². The standard InChI is InChI=1S/C16H22N2OS/c17-16(20)14-10-4-5-12-18(14)15(19)11-6-9-13-7-2-1-3-8-13/h1-3,7-8,14H,4-6,9-12H2,(H2,17,20). The molecule has 1 heterocycles. The zero-order valence-corrected chi connectivity index (χ0v) is 12.6. The molecule has 2 N–H and O–H groups in total. The fourth-order valence-corrected chi connectivity index (χ4v) is 3.00. The van der Waals surface area contributed by atoms with Crippen molar-refractivity contribution in [3.63, 3.8) is 0 Å². The topological polar surface area (TPSA) is 46.3 Å². The average molecular weight is 290 g/mol. The van der Waals surface area contributed by atoms with Crippen molar-refractivity contribution in [2.75, 3.05) is 6.54 Å². The summed E-state index contributed by atoms with van der Waals surface area (Å²) in [6.45, 7) is 0.798. The lowest BCUT2D eigenvalue weighted by molar-refractivity contribution is -0.133. The van der Waals surface area contributed by atoms with Gasteiger partial charge in [-0.3, -0.25) is 4.79 Å². The molecule has 0 bridgehead atoms. The zero-order valence-electron chi connectivity index (χ0n) is 11.8. The minimum Gasteiger partial charge on any atom is -0.392 e. The highest BCUT2D eigenvalue weighted by atomic mass is 32.1. The molecule has 0 saturated carbocycles. The Morgan fingerprint density at radius 1 is 1.30 bits per heavy atom. The minimum atomic E-state index is -0.0250. The van der Waals surface area contributed by atoms with Crippen molar-refractivity contribution in [3.05, 3.63) is 35.9 Å². The van der Waals surface area contributed by atoms with E-state index in [1.54, 1.807) is 0 Å². The number of likely N-dealkylation sites (tertiary alicyclic amines) is 1. The summed E-state index contributed by atoms with van der Waals surface area (Å²) in [7, 11) is 0. The van der Waals surface area contributed by atoms with Gasteiger partial charge in [0.1, 0.15) is 0 Å². The highest BCUT2D eigenvalue weighted by molar-refractivity contribution is 7.80. The van der Waals surface area contributed by atoms with Gasteiger partial charge in [-0.25, -0.2) is 0 Å². The van der Waals surface area contributed by atoms with Gasteiger partial charge in [-0.1, -0.05) is 42.5 Å². The first-order valence-corrected chi connectivity index (χ1v) is 7.72.